The lowest BCUT2D eigenvalue weighted by atomic mass is 9.53. The van der Waals surface area contributed by atoms with Crippen LogP contribution in [0.4, 0.5) is 4.79 Å². The van der Waals surface area contributed by atoms with Gasteiger partial charge >= 0.3 is 6.03 Å². The van der Waals surface area contributed by atoms with Crippen molar-refractivity contribution >= 4 is 24.3 Å². The maximum atomic E-state index is 12.5. The highest BCUT2D eigenvalue weighted by Crippen LogP contribution is 2.55. The summed E-state index contributed by atoms with van der Waals surface area (Å²) in [7, 11) is 0. The highest BCUT2D eigenvalue weighted by molar-refractivity contribution is 5.85. The zero-order chi connectivity index (χ0) is 18.3. The first-order valence-electron chi connectivity index (χ1n) is 10.5. The first-order valence-corrected chi connectivity index (χ1v) is 10.5. The number of piperazine rings is 1. The second kappa shape index (κ2) is 8.16. The van der Waals surface area contributed by atoms with E-state index in [-0.39, 0.29) is 35.9 Å². The van der Waals surface area contributed by atoms with Gasteiger partial charge in [0.1, 0.15) is 0 Å². The molecular formula is C20H35ClN4O2. The summed E-state index contributed by atoms with van der Waals surface area (Å²) in [5, 5.41) is 9.64. The summed E-state index contributed by atoms with van der Waals surface area (Å²) >= 11 is 0. The Kier molecular flexibility index (Phi) is 6.26. The number of nitrogens with one attached hydrogen (secondary N) is 3. The second-order valence-corrected chi connectivity index (χ2v) is 9.40. The van der Waals surface area contributed by atoms with E-state index in [4.69, 9.17) is 0 Å². The van der Waals surface area contributed by atoms with Gasteiger partial charge in [-0.3, -0.25) is 4.79 Å². The first kappa shape index (κ1) is 20.7. The van der Waals surface area contributed by atoms with Gasteiger partial charge in [0.25, 0.3) is 0 Å². The normalized spacial score (nSPS) is 39.6. The fourth-order valence-corrected chi connectivity index (χ4v) is 6.38. The lowest BCUT2D eigenvalue weighted by Gasteiger charge is -2.56. The molecule has 3 amide bonds. The number of halogens is 1. The van der Waals surface area contributed by atoms with Crippen LogP contribution in [-0.2, 0) is 4.79 Å². The van der Waals surface area contributed by atoms with Crippen molar-refractivity contribution in [3.05, 3.63) is 0 Å². The molecule has 1 heterocycles. The topological polar surface area (TPSA) is 73.5 Å². The van der Waals surface area contributed by atoms with Crippen molar-refractivity contribution in [2.75, 3.05) is 19.6 Å². The molecule has 0 spiro atoms. The van der Waals surface area contributed by atoms with E-state index in [1.807, 2.05) is 4.90 Å². The van der Waals surface area contributed by atoms with E-state index in [9.17, 15) is 9.59 Å². The Bertz CT molecular complexity index is 535. The van der Waals surface area contributed by atoms with E-state index in [2.05, 4.69) is 29.8 Å². The van der Waals surface area contributed by atoms with Crippen LogP contribution in [0.5, 0.6) is 0 Å². The third kappa shape index (κ3) is 4.37. The van der Waals surface area contributed by atoms with E-state index >= 15 is 0 Å². The highest BCUT2D eigenvalue weighted by Gasteiger charge is 2.51. The predicted molar refractivity (Wildman–Crippen MR) is 108 cm³/mol. The van der Waals surface area contributed by atoms with Crippen molar-refractivity contribution in [2.45, 2.75) is 76.4 Å². The fraction of sp³-hybridized carbons (Fsp3) is 0.900. The van der Waals surface area contributed by atoms with Gasteiger partial charge in [-0.2, -0.15) is 0 Å². The van der Waals surface area contributed by atoms with Gasteiger partial charge < -0.3 is 20.9 Å². The lowest BCUT2D eigenvalue weighted by Crippen LogP contribution is -2.61. The van der Waals surface area contributed by atoms with Gasteiger partial charge in [-0.05, 0) is 70.1 Å². The fourth-order valence-electron chi connectivity index (χ4n) is 6.38. The van der Waals surface area contributed by atoms with E-state index in [0.717, 1.165) is 50.1 Å². The number of carbonyl (C=O) groups is 2. The monoisotopic (exact) mass is 398 g/mol. The van der Waals surface area contributed by atoms with E-state index in [1.165, 1.54) is 19.3 Å². The van der Waals surface area contributed by atoms with E-state index in [0.29, 0.717) is 19.0 Å². The molecule has 0 aromatic heterocycles. The van der Waals surface area contributed by atoms with Gasteiger partial charge in [0, 0.05) is 43.7 Å². The Morgan fingerprint density at radius 2 is 1.67 bits per heavy atom. The summed E-state index contributed by atoms with van der Waals surface area (Å²) in [5.41, 5.74) is 0.0331. The van der Waals surface area contributed by atoms with Gasteiger partial charge in [-0.25, -0.2) is 4.79 Å². The molecule has 4 aliphatic carbocycles. The maximum absolute atomic E-state index is 12.5. The van der Waals surface area contributed by atoms with Gasteiger partial charge in [0.2, 0.25) is 5.91 Å². The Morgan fingerprint density at radius 1 is 1.07 bits per heavy atom. The van der Waals surface area contributed by atoms with Crippen LogP contribution < -0.4 is 16.0 Å². The predicted octanol–water partition coefficient (Wildman–Crippen LogP) is 2.28. The molecule has 4 bridgehead atoms. The molecule has 6 nitrogen and oxygen atoms in total. The molecule has 7 heteroatoms. The summed E-state index contributed by atoms with van der Waals surface area (Å²) in [6.07, 6.45) is 7.96. The van der Waals surface area contributed by atoms with Gasteiger partial charge in [0.15, 0.2) is 0 Å². The maximum Gasteiger partial charge on any atom is 0.315 e. The number of carbonyl (C=O) groups excluding carboxylic acids is 2. The average Bonchev–Trinajstić information content (AvgIpc) is 2.55. The Hall–Kier alpha value is -1.01. The summed E-state index contributed by atoms with van der Waals surface area (Å²) in [6.45, 7) is 6.21. The summed E-state index contributed by atoms with van der Waals surface area (Å²) in [5.74, 6) is 2.60. The first-order chi connectivity index (χ1) is 12.4. The van der Waals surface area contributed by atoms with Crippen LogP contribution in [0.3, 0.4) is 0 Å². The second-order valence-electron chi connectivity index (χ2n) is 9.40. The third-order valence-corrected chi connectivity index (χ3v) is 7.40. The summed E-state index contributed by atoms with van der Waals surface area (Å²) in [6, 6.07) is 0.443. The average molecular weight is 399 g/mol. The molecule has 1 saturated heterocycles. The smallest absolute Gasteiger partial charge is 0.315 e. The third-order valence-electron chi connectivity index (χ3n) is 7.40. The molecule has 5 rings (SSSR count). The van der Waals surface area contributed by atoms with Crippen molar-refractivity contribution in [2.24, 2.45) is 17.8 Å². The van der Waals surface area contributed by atoms with Gasteiger partial charge in [-0.1, -0.05) is 0 Å². The summed E-state index contributed by atoms with van der Waals surface area (Å²) < 4.78 is 0. The molecule has 0 radical (unpaired) electrons. The molecule has 154 valence electrons. The molecule has 5 aliphatic rings. The van der Waals surface area contributed by atoms with Crippen molar-refractivity contribution < 1.29 is 9.59 Å². The van der Waals surface area contributed by atoms with Crippen LogP contribution in [0.1, 0.15) is 58.8 Å². The summed E-state index contributed by atoms with van der Waals surface area (Å²) in [4.78, 5) is 26.9. The number of amides is 3. The van der Waals surface area contributed by atoms with Crippen LogP contribution in [0.25, 0.3) is 0 Å². The van der Waals surface area contributed by atoms with E-state index < -0.39 is 0 Å². The minimum absolute atomic E-state index is 0. The van der Waals surface area contributed by atoms with Crippen LogP contribution in [0.2, 0.25) is 0 Å². The molecule has 3 N–H and O–H groups in total. The molecule has 0 aromatic carbocycles. The molecule has 4 saturated carbocycles. The number of rotatable bonds is 4. The van der Waals surface area contributed by atoms with Crippen molar-refractivity contribution in [1.82, 2.24) is 20.9 Å². The minimum atomic E-state index is -0.0820. The number of urea groups is 1. The molecular weight excluding hydrogens is 364 g/mol. The quantitative estimate of drug-likeness (QED) is 0.680. The Balaban J connectivity index is 0.00000210. The van der Waals surface area contributed by atoms with Crippen molar-refractivity contribution in [1.29, 1.82) is 0 Å². The van der Waals surface area contributed by atoms with Crippen LogP contribution in [0.15, 0.2) is 0 Å². The SMILES string of the molecule is CC1NCCN(C(=O)CCNC(=O)NC23CC4CC(CC(C4)C2)C3)C1C.Cl. The Morgan fingerprint density at radius 3 is 2.26 bits per heavy atom. The van der Waals surface area contributed by atoms with Crippen LogP contribution in [-0.4, -0.2) is 54.1 Å². The standard InChI is InChI=1S/C20H34N4O2.ClH/c1-13-14(2)24(6-5-21-13)18(25)3-4-22-19(26)23-20-10-15-7-16(11-20)9-17(8-15)12-20;/h13-17,21H,3-12H2,1-2H3,(H2,22,23,26);1H. The van der Waals surface area contributed by atoms with Crippen LogP contribution >= 0.6 is 12.4 Å². The zero-order valence-electron chi connectivity index (χ0n) is 16.6. The van der Waals surface area contributed by atoms with Crippen molar-refractivity contribution in [3.8, 4) is 0 Å². The van der Waals surface area contributed by atoms with E-state index in [1.54, 1.807) is 0 Å². The van der Waals surface area contributed by atoms with Gasteiger partial charge in [0.05, 0.1) is 0 Å². The molecule has 5 fully saturated rings. The van der Waals surface area contributed by atoms with Crippen molar-refractivity contribution in [3.63, 3.8) is 0 Å². The number of hydrogen-bond donors (Lipinski definition) is 3. The molecule has 0 aromatic rings. The zero-order valence-corrected chi connectivity index (χ0v) is 17.4. The number of nitrogens with zero attached hydrogens (tertiary/aromatic N) is 1. The lowest BCUT2D eigenvalue weighted by molar-refractivity contribution is -0.134. The largest absolute Gasteiger partial charge is 0.338 e. The minimum Gasteiger partial charge on any atom is -0.338 e. The highest BCUT2D eigenvalue weighted by atomic mass is 35.5. The van der Waals surface area contributed by atoms with Crippen LogP contribution in [0, 0.1) is 17.8 Å². The van der Waals surface area contributed by atoms with Gasteiger partial charge in [-0.15, -0.1) is 12.4 Å². The molecule has 1 aliphatic heterocycles. The molecule has 27 heavy (non-hydrogen) atoms. The Labute approximate surface area is 169 Å². The number of hydrogen-bond acceptors (Lipinski definition) is 3. The molecule has 2 atom stereocenters. The molecule has 2 unspecified atom stereocenters.